The summed E-state index contributed by atoms with van der Waals surface area (Å²) in [5, 5.41) is 2.85. The number of hydrogen-bond acceptors (Lipinski definition) is 10. The first-order valence-corrected chi connectivity index (χ1v) is 7.79. The summed E-state index contributed by atoms with van der Waals surface area (Å²) in [6.45, 7) is 0. The van der Waals surface area contributed by atoms with Crippen LogP contribution in [0.3, 0.4) is 0 Å². The van der Waals surface area contributed by atoms with Crippen molar-refractivity contribution in [2.24, 2.45) is 0 Å². The molecule has 0 fully saturated rings. The van der Waals surface area contributed by atoms with Crippen LogP contribution in [-0.4, -0.2) is 29.1 Å². The molecule has 27 heavy (non-hydrogen) atoms. The van der Waals surface area contributed by atoms with Gasteiger partial charge in [0.05, 0.1) is 24.7 Å². The molecule has 10 heteroatoms. The minimum absolute atomic E-state index is 0.463. The van der Waals surface area contributed by atoms with Gasteiger partial charge in [-0.05, 0) is 30.3 Å². The van der Waals surface area contributed by atoms with Gasteiger partial charge in [0.25, 0.3) is 0 Å². The van der Waals surface area contributed by atoms with Gasteiger partial charge in [0.15, 0.2) is 5.82 Å². The molecule has 3 rings (SSSR count). The van der Waals surface area contributed by atoms with Gasteiger partial charge >= 0.3 is 0 Å². The van der Waals surface area contributed by atoms with E-state index in [1.165, 1.54) is 6.20 Å². The van der Waals surface area contributed by atoms with E-state index >= 15 is 0 Å². The molecule has 0 aliphatic heterocycles. The molecule has 0 radical (unpaired) electrons. The highest BCUT2D eigenvalue weighted by atomic mass is 16.5. The summed E-state index contributed by atoms with van der Waals surface area (Å²) < 4.78 is 4.90. The van der Waals surface area contributed by atoms with Crippen LogP contribution in [0, 0.1) is 0 Å². The van der Waals surface area contributed by atoms with E-state index in [9.17, 15) is 0 Å². The first-order chi connectivity index (χ1) is 12.8. The Balaban J connectivity index is 0.000000206. The van der Waals surface area contributed by atoms with E-state index in [4.69, 9.17) is 33.4 Å². The van der Waals surface area contributed by atoms with E-state index in [0.29, 0.717) is 40.5 Å². The Bertz CT molecular complexity index is 787. The third-order valence-electron chi connectivity index (χ3n) is 2.95. The molecule has 3 aromatic rings. The molecule has 11 N–H and O–H groups in total. The van der Waals surface area contributed by atoms with Gasteiger partial charge in [-0.2, -0.15) is 4.98 Å². The number of hydrogen-bond donors (Lipinski definition) is 6. The molecule has 0 spiro atoms. The maximum atomic E-state index is 5.57. The average Bonchev–Trinajstić information content (AvgIpc) is 2.65. The molecular weight excluding hydrogens is 346 g/mol. The minimum Gasteiger partial charge on any atom is -0.481 e. The molecule has 0 aliphatic carbocycles. The molecule has 0 bridgehead atoms. The predicted octanol–water partition coefficient (Wildman–Crippen LogP) is 1.21. The van der Waals surface area contributed by atoms with Crippen LogP contribution in [0.4, 0.5) is 34.6 Å². The lowest BCUT2D eigenvalue weighted by molar-refractivity contribution is 0.398. The van der Waals surface area contributed by atoms with Crippen LogP contribution in [0.25, 0.3) is 0 Å². The molecule has 144 valence electrons. The van der Waals surface area contributed by atoms with Gasteiger partial charge in [-0.25, -0.2) is 9.97 Å². The fourth-order valence-electron chi connectivity index (χ4n) is 1.65. The highest BCUT2D eigenvalue weighted by Gasteiger charge is 1.99. The first-order valence-electron chi connectivity index (χ1n) is 7.79. The second-order valence-electron chi connectivity index (χ2n) is 5.05. The molecule has 0 saturated carbocycles. The molecule has 0 saturated heterocycles. The Labute approximate surface area is 157 Å². The van der Waals surface area contributed by atoms with Crippen LogP contribution in [0.1, 0.15) is 0 Å². The Morgan fingerprint density at radius 3 is 1.89 bits per heavy atom. The van der Waals surface area contributed by atoms with E-state index in [-0.39, 0.29) is 0 Å². The molecule has 3 aromatic heterocycles. The van der Waals surface area contributed by atoms with E-state index in [0.717, 1.165) is 0 Å². The summed E-state index contributed by atoms with van der Waals surface area (Å²) >= 11 is 0. The van der Waals surface area contributed by atoms with Crippen LogP contribution < -0.4 is 38.7 Å². The van der Waals surface area contributed by atoms with Crippen molar-refractivity contribution in [3.8, 4) is 5.88 Å². The van der Waals surface area contributed by atoms with Gasteiger partial charge in [0.2, 0.25) is 5.88 Å². The number of anilines is 6. The van der Waals surface area contributed by atoms with Crippen LogP contribution in [0.2, 0.25) is 0 Å². The SMILES string of the molecule is CNc1nc(OC)ccc1N.Nc1ccc(N)nc1.Nc1cccc(N)n1. The van der Waals surface area contributed by atoms with Crippen molar-refractivity contribution in [1.82, 2.24) is 15.0 Å². The quantitative estimate of drug-likeness (QED) is 0.381. The summed E-state index contributed by atoms with van der Waals surface area (Å²) in [4.78, 5) is 11.5. The predicted molar refractivity (Wildman–Crippen MR) is 111 cm³/mol. The molecule has 0 amide bonds. The summed E-state index contributed by atoms with van der Waals surface area (Å²) in [5.41, 5.74) is 27.9. The maximum Gasteiger partial charge on any atom is 0.215 e. The number of nitrogen functional groups attached to an aromatic ring is 5. The van der Waals surface area contributed by atoms with Crippen LogP contribution in [-0.2, 0) is 0 Å². The largest absolute Gasteiger partial charge is 0.481 e. The van der Waals surface area contributed by atoms with Crippen LogP contribution in [0.5, 0.6) is 5.88 Å². The number of pyridine rings is 3. The smallest absolute Gasteiger partial charge is 0.215 e. The molecule has 0 unspecified atom stereocenters. The Kier molecular flexibility index (Phi) is 8.45. The van der Waals surface area contributed by atoms with E-state index < -0.39 is 0 Å². The molecule has 0 aliphatic rings. The van der Waals surface area contributed by atoms with Crippen molar-refractivity contribution in [2.45, 2.75) is 0 Å². The fourth-order valence-corrected chi connectivity index (χ4v) is 1.65. The van der Waals surface area contributed by atoms with Gasteiger partial charge in [-0.1, -0.05) is 6.07 Å². The lowest BCUT2D eigenvalue weighted by Crippen LogP contribution is -1.99. The second kappa shape index (κ2) is 10.8. The summed E-state index contributed by atoms with van der Waals surface area (Å²) in [7, 11) is 3.33. The fraction of sp³-hybridized carbons (Fsp3) is 0.118. The van der Waals surface area contributed by atoms with Crippen molar-refractivity contribution in [3.05, 3.63) is 48.7 Å². The number of nitrogens with zero attached hydrogens (tertiary/aromatic N) is 3. The zero-order valence-electron chi connectivity index (χ0n) is 15.3. The number of ether oxygens (including phenoxy) is 1. The number of nitrogens with one attached hydrogen (secondary N) is 1. The highest BCUT2D eigenvalue weighted by Crippen LogP contribution is 2.18. The normalized spacial score (nSPS) is 9.11. The first kappa shape index (κ1) is 21.1. The van der Waals surface area contributed by atoms with Gasteiger partial charge < -0.3 is 38.7 Å². The third-order valence-corrected chi connectivity index (χ3v) is 2.95. The molecule has 0 aromatic carbocycles. The summed E-state index contributed by atoms with van der Waals surface area (Å²) in [6.07, 6.45) is 1.52. The van der Waals surface area contributed by atoms with Crippen LogP contribution in [0.15, 0.2) is 48.7 Å². The lowest BCUT2D eigenvalue weighted by atomic mass is 10.4. The Morgan fingerprint density at radius 2 is 1.48 bits per heavy atom. The summed E-state index contributed by atoms with van der Waals surface area (Å²) in [5.74, 6) is 2.63. The number of methoxy groups -OCH3 is 1. The van der Waals surface area contributed by atoms with Gasteiger partial charge in [0, 0.05) is 13.1 Å². The molecule has 10 nitrogen and oxygen atoms in total. The van der Waals surface area contributed by atoms with Crippen molar-refractivity contribution in [3.63, 3.8) is 0 Å². The molecule has 3 heterocycles. The Hall–Kier alpha value is -3.95. The van der Waals surface area contributed by atoms with Gasteiger partial charge in [-0.3, -0.25) is 0 Å². The lowest BCUT2D eigenvalue weighted by Gasteiger charge is -2.04. The van der Waals surface area contributed by atoms with Crippen molar-refractivity contribution in [1.29, 1.82) is 0 Å². The monoisotopic (exact) mass is 371 g/mol. The highest BCUT2D eigenvalue weighted by molar-refractivity contribution is 5.61. The third kappa shape index (κ3) is 8.12. The summed E-state index contributed by atoms with van der Waals surface area (Å²) in [6, 6.07) is 12.0. The number of rotatable bonds is 2. The van der Waals surface area contributed by atoms with Crippen LogP contribution >= 0.6 is 0 Å². The molecule has 0 atom stereocenters. The van der Waals surface area contributed by atoms with E-state index in [1.54, 1.807) is 56.6 Å². The molecular formula is C17H25N9O. The minimum atomic E-state index is 0.463. The standard InChI is InChI=1S/C7H11N3O.2C5H7N3/c1-9-7-5(8)3-4-6(10-7)11-2;6-4-1-2-5(7)8-3-4;6-4-2-1-3-5(7)8-4/h3-4H,8H2,1-2H3,(H,9,10);1-3H,6H2,(H2,7,8);1-3H,(H4,6,7,8). The number of nitrogens with two attached hydrogens (primary N) is 5. The second-order valence-corrected chi connectivity index (χ2v) is 5.05. The maximum absolute atomic E-state index is 5.57. The van der Waals surface area contributed by atoms with E-state index in [2.05, 4.69) is 20.3 Å². The number of aromatic nitrogens is 3. The van der Waals surface area contributed by atoms with Crippen molar-refractivity contribution >= 4 is 34.6 Å². The van der Waals surface area contributed by atoms with Gasteiger partial charge in [-0.15, -0.1) is 0 Å². The topological polar surface area (TPSA) is 190 Å². The van der Waals surface area contributed by atoms with Crippen molar-refractivity contribution in [2.75, 3.05) is 48.1 Å². The van der Waals surface area contributed by atoms with E-state index in [1.807, 2.05) is 0 Å². The average molecular weight is 371 g/mol. The Morgan fingerprint density at radius 1 is 0.815 bits per heavy atom. The zero-order chi connectivity index (χ0) is 20.2. The van der Waals surface area contributed by atoms with Gasteiger partial charge in [0.1, 0.15) is 17.5 Å². The van der Waals surface area contributed by atoms with Crippen molar-refractivity contribution < 1.29 is 4.74 Å². The zero-order valence-corrected chi connectivity index (χ0v) is 15.3.